The minimum Gasteiger partial charge on any atom is -0.505 e. The van der Waals surface area contributed by atoms with Gasteiger partial charge in [-0.15, -0.1) is 11.3 Å². The van der Waals surface area contributed by atoms with E-state index in [-0.39, 0.29) is 41.4 Å². The van der Waals surface area contributed by atoms with Crippen molar-refractivity contribution in [2.24, 2.45) is 17.8 Å². The van der Waals surface area contributed by atoms with E-state index in [1.54, 1.807) is 24.5 Å². The first-order valence-corrected chi connectivity index (χ1v) is 13.1. The molecule has 2 saturated heterocycles. The highest BCUT2D eigenvalue weighted by molar-refractivity contribution is 7.09. The summed E-state index contributed by atoms with van der Waals surface area (Å²) in [6, 6.07) is 8.21. The number of methoxy groups -OCH3 is 1. The maximum atomic E-state index is 13.7. The number of ether oxygens (including phenoxy) is 2. The van der Waals surface area contributed by atoms with E-state index in [0.29, 0.717) is 31.7 Å². The van der Waals surface area contributed by atoms with Gasteiger partial charge in [-0.25, -0.2) is 4.39 Å². The summed E-state index contributed by atoms with van der Waals surface area (Å²) in [6.07, 6.45) is 3.74. The summed E-state index contributed by atoms with van der Waals surface area (Å²) in [5.74, 6) is -2.04. The van der Waals surface area contributed by atoms with Crippen molar-refractivity contribution in [3.63, 3.8) is 0 Å². The predicted octanol–water partition coefficient (Wildman–Crippen LogP) is 4.94. The maximum absolute atomic E-state index is 13.7. The molecule has 2 fully saturated rings. The van der Waals surface area contributed by atoms with Gasteiger partial charge in [0.1, 0.15) is 0 Å². The molecule has 0 saturated carbocycles. The molecule has 2 amide bonds. The molecule has 3 heterocycles. The average molecular weight is 512 g/mol. The molecule has 2 aliphatic heterocycles. The van der Waals surface area contributed by atoms with Gasteiger partial charge in [-0.3, -0.25) is 14.5 Å². The number of likely N-dealkylation sites (tertiary alicyclic amines) is 1. The van der Waals surface area contributed by atoms with Crippen molar-refractivity contribution in [1.29, 1.82) is 0 Å². The Balaban J connectivity index is 1.33. The summed E-state index contributed by atoms with van der Waals surface area (Å²) in [6.45, 7) is 3.16. The van der Waals surface area contributed by atoms with Crippen LogP contribution in [0.5, 0.6) is 5.75 Å². The maximum Gasteiger partial charge on any atom is 0.234 e. The standard InChI is InChI=1S/C28H30FNO5S/c1-16(10-17-6-7-23(31)22(29)11-17)5-8-24-25-18(14-34-2)12-20-26(21(25)15-35-24)28(33)30(27(20)32)13-19-4-3-9-36-19/h3-4,6-7,9-11,20-21,24,26,31H,5,8,12-15H2,1-2H3/b16-10+/t20-,21+,24-,26-/m1/s1. The number of allylic oxidation sites excluding steroid dienone is 1. The fourth-order valence-corrected chi connectivity index (χ4v) is 6.58. The molecule has 6 nitrogen and oxygen atoms in total. The lowest BCUT2D eigenvalue weighted by Crippen LogP contribution is -2.35. The van der Waals surface area contributed by atoms with Crippen LogP contribution in [0.15, 0.2) is 52.4 Å². The Bertz CT molecular complexity index is 1220. The Hall–Kier alpha value is -2.81. The van der Waals surface area contributed by atoms with Crippen LogP contribution in [0.3, 0.4) is 0 Å². The van der Waals surface area contributed by atoms with Gasteiger partial charge >= 0.3 is 0 Å². The molecular formula is C28H30FNO5S. The third kappa shape index (κ3) is 4.65. The summed E-state index contributed by atoms with van der Waals surface area (Å²) in [4.78, 5) is 29.2. The number of hydrogen-bond acceptors (Lipinski definition) is 6. The number of rotatable bonds is 8. The third-order valence-electron chi connectivity index (χ3n) is 7.50. The molecule has 36 heavy (non-hydrogen) atoms. The van der Waals surface area contributed by atoms with Gasteiger partial charge in [0.05, 0.1) is 37.7 Å². The van der Waals surface area contributed by atoms with Crippen LogP contribution < -0.4 is 0 Å². The van der Waals surface area contributed by atoms with Crippen molar-refractivity contribution in [2.45, 2.75) is 38.8 Å². The number of amides is 2. The Kier molecular flexibility index (Phi) is 7.10. The number of hydrogen-bond donors (Lipinski definition) is 1. The van der Waals surface area contributed by atoms with E-state index in [0.717, 1.165) is 34.4 Å². The van der Waals surface area contributed by atoms with Gasteiger partial charge in [-0.2, -0.15) is 0 Å². The van der Waals surface area contributed by atoms with Gasteiger partial charge in [0.25, 0.3) is 0 Å². The van der Waals surface area contributed by atoms with E-state index in [2.05, 4.69) is 0 Å². The Morgan fingerprint density at radius 1 is 1.28 bits per heavy atom. The minimum atomic E-state index is -0.645. The molecule has 1 N–H and O–H groups in total. The monoisotopic (exact) mass is 511 g/mol. The molecule has 1 aliphatic carbocycles. The van der Waals surface area contributed by atoms with Crippen LogP contribution in [0.4, 0.5) is 4.39 Å². The zero-order valence-electron chi connectivity index (χ0n) is 20.4. The van der Waals surface area contributed by atoms with Gasteiger partial charge in [0.2, 0.25) is 11.8 Å². The molecule has 2 aromatic rings. The molecule has 1 aromatic carbocycles. The summed E-state index contributed by atoms with van der Waals surface area (Å²) >= 11 is 1.55. The van der Waals surface area contributed by atoms with Crippen LogP contribution in [0.25, 0.3) is 6.08 Å². The number of aromatic hydroxyl groups is 1. The molecule has 0 bridgehead atoms. The molecule has 0 unspecified atom stereocenters. The molecule has 5 rings (SSSR count). The van der Waals surface area contributed by atoms with E-state index < -0.39 is 5.82 Å². The summed E-state index contributed by atoms with van der Waals surface area (Å²) in [5, 5.41) is 11.4. The number of phenolic OH excluding ortho intramolecular Hbond substituents is 1. The largest absolute Gasteiger partial charge is 0.505 e. The van der Waals surface area contributed by atoms with Crippen LogP contribution in [0, 0.1) is 23.6 Å². The number of halogens is 1. The Morgan fingerprint density at radius 2 is 2.11 bits per heavy atom. The molecule has 0 spiro atoms. The molecule has 3 aliphatic rings. The zero-order chi connectivity index (χ0) is 25.4. The Labute approximate surface area is 214 Å². The second-order valence-electron chi connectivity index (χ2n) is 9.84. The smallest absolute Gasteiger partial charge is 0.234 e. The third-order valence-corrected chi connectivity index (χ3v) is 8.36. The number of carbonyl (C=O) groups is 2. The van der Waals surface area contributed by atoms with E-state index in [1.807, 2.05) is 30.5 Å². The summed E-state index contributed by atoms with van der Waals surface area (Å²) in [7, 11) is 1.65. The highest BCUT2D eigenvalue weighted by atomic mass is 32.1. The lowest BCUT2D eigenvalue weighted by molar-refractivity contribution is -0.140. The summed E-state index contributed by atoms with van der Waals surface area (Å²) in [5.41, 5.74) is 3.95. The number of fused-ring (bicyclic) bond motifs is 3. The molecule has 190 valence electrons. The molecular weight excluding hydrogens is 481 g/mol. The van der Waals surface area contributed by atoms with Crippen LogP contribution >= 0.6 is 11.3 Å². The summed E-state index contributed by atoms with van der Waals surface area (Å²) < 4.78 is 25.4. The fraction of sp³-hybridized carbons (Fsp3) is 0.429. The van der Waals surface area contributed by atoms with Crippen molar-refractivity contribution in [3.05, 3.63) is 68.7 Å². The van der Waals surface area contributed by atoms with Crippen LogP contribution in [-0.4, -0.2) is 48.2 Å². The van der Waals surface area contributed by atoms with E-state index in [9.17, 15) is 19.1 Å². The van der Waals surface area contributed by atoms with Crippen molar-refractivity contribution in [3.8, 4) is 5.75 Å². The number of thiophene rings is 1. The van der Waals surface area contributed by atoms with Gasteiger partial charge < -0.3 is 14.6 Å². The SMILES string of the molecule is COCC1=C2[C@@H](CC/C(C)=C/c3ccc(O)c(F)c3)OC[C@@H]2[C@@H]2C(=O)N(Cc3cccs3)C(=O)[C@@H]2C1. The van der Waals surface area contributed by atoms with Crippen LogP contribution in [-0.2, 0) is 25.6 Å². The first-order valence-electron chi connectivity index (χ1n) is 12.2. The molecule has 1 aromatic heterocycles. The fourth-order valence-electron chi connectivity index (χ4n) is 5.89. The molecule has 8 heteroatoms. The van der Waals surface area contributed by atoms with Gasteiger partial charge in [-0.05, 0) is 66.5 Å². The van der Waals surface area contributed by atoms with E-state index in [1.165, 1.54) is 17.0 Å². The van der Waals surface area contributed by atoms with Crippen molar-refractivity contribution in [2.75, 3.05) is 20.3 Å². The zero-order valence-corrected chi connectivity index (χ0v) is 21.2. The van der Waals surface area contributed by atoms with Crippen molar-refractivity contribution >= 4 is 29.2 Å². The van der Waals surface area contributed by atoms with E-state index in [4.69, 9.17) is 9.47 Å². The molecule has 4 atom stereocenters. The first kappa shape index (κ1) is 24.9. The van der Waals surface area contributed by atoms with Crippen molar-refractivity contribution in [1.82, 2.24) is 4.90 Å². The quantitative estimate of drug-likeness (QED) is 0.401. The molecule has 0 radical (unpaired) electrons. The highest BCUT2D eigenvalue weighted by Gasteiger charge is 2.56. The number of phenols is 1. The first-order chi connectivity index (χ1) is 17.4. The lowest BCUT2D eigenvalue weighted by atomic mass is 9.69. The minimum absolute atomic E-state index is 0.0885. The van der Waals surface area contributed by atoms with Gasteiger partial charge in [-0.1, -0.05) is 23.8 Å². The van der Waals surface area contributed by atoms with E-state index >= 15 is 0 Å². The number of carbonyl (C=O) groups excluding carboxylic acids is 2. The number of benzene rings is 1. The van der Waals surface area contributed by atoms with Crippen molar-refractivity contribution < 1.29 is 28.6 Å². The number of nitrogens with zero attached hydrogens (tertiary/aromatic N) is 1. The highest BCUT2D eigenvalue weighted by Crippen LogP contribution is 2.50. The second-order valence-corrected chi connectivity index (χ2v) is 10.9. The second kappa shape index (κ2) is 10.3. The number of imide groups is 1. The van der Waals surface area contributed by atoms with Crippen LogP contribution in [0.2, 0.25) is 0 Å². The van der Waals surface area contributed by atoms with Gasteiger partial charge in [0, 0.05) is 17.9 Å². The lowest BCUT2D eigenvalue weighted by Gasteiger charge is -2.31. The Morgan fingerprint density at radius 3 is 2.83 bits per heavy atom. The van der Waals surface area contributed by atoms with Crippen LogP contribution in [0.1, 0.15) is 36.6 Å². The van der Waals surface area contributed by atoms with Gasteiger partial charge in [0.15, 0.2) is 11.6 Å². The topological polar surface area (TPSA) is 76.1 Å². The predicted molar refractivity (Wildman–Crippen MR) is 135 cm³/mol. The normalized spacial score (nSPS) is 26.1. The average Bonchev–Trinajstić information content (AvgIpc) is 3.57.